The van der Waals surface area contributed by atoms with Crippen LogP contribution >= 0.6 is 0 Å². The minimum Gasteiger partial charge on any atom is -0.309 e. The van der Waals surface area contributed by atoms with Crippen LogP contribution in [0.5, 0.6) is 0 Å². The zero-order valence-corrected chi connectivity index (χ0v) is 14.0. The minimum atomic E-state index is 0.229. The molecule has 3 heteroatoms. The molecule has 0 aromatic heterocycles. The lowest BCUT2D eigenvalue weighted by atomic mass is 10.2. The lowest BCUT2D eigenvalue weighted by Gasteiger charge is -2.27. The zero-order valence-electron chi connectivity index (χ0n) is 14.0. The van der Waals surface area contributed by atoms with E-state index in [0.29, 0.717) is 0 Å². The fraction of sp³-hybridized carbons (Fsp3) is 0.389. The minimum absolute atomic E-state index is 0.229. The van der Waals surface area contributed by atoms with Crippen LogP contribution in [0.1, 0.15) is 40.2 Å². The van der Waals surface area contributed by atoms with Crippen molar-refractivity contribution >= 4 is 11.5 Å². The summed E-state index contributed by atoms with van der Waals surface area (Å²) in [6.45, 7) is 12.3. The number of allylic oxidation sites excluding steroid dienone is 2. The molecule has 0 aliphatic carbocycles. The van der Waals surface area contributed by atoms with Crippen LogP contribution in [0.3, 0.4) is 0 Å². The van der Waals surface area contributed by atoms with E-state index in [4.69, 9.17) is 0 Å². The molecule has 21 heavy (non-hydrogen) atoms. The third kappa shape index (κ3) is 3.54. The highest BCUT2D eigenvalue weighted by Crippen LogP contribution is 2.28. The molecule has 0 fully saturated rings. The maximum atomic E-state index is 4.66. The molecule has 0 saturated heterocycles. The second-order valence-corrected chi connectivity index (χ2v) is 4.33. The summed E-state index contributed by atoms with van der Waals surface area (Å²) in [6.07, 6.45) is 8.39. The lowest BCUT2D eigenvalue weighted by molar-refractivity contribution is 0.450. The molecule has 3 nitrogen and oxygen atoms in total. The first-order valence-electron chi connectivity index (χ1n) is 7.84. The van der Waals surface area contributed by atoms with E-state index in [1.165, 1.54) is 11.3 Å². The Morgan fingerprint density at radius 1 is 1.00 bits per heavy atom. The number of para-hydroxylation sites is 1. The van der Waals surface area contributed by atoms with E-state index in [0.717, 1.165) is 5.84 Å². The predicted octanol–water partition coefficient (Wildman–Crippen LogP) is 4.91. The fourth-order valence-corrected chi connectivity index (χ4v) is 2.23. The number of benzene rings is 1. The van der Waals surface area contributed by atoms with Gasteiger partial charge in [-0.1, -0.05) is 52.0 Å². The van der Waals surface area contributed by atoms with Gasteiger partial charge in [0.1, 0.15) is 6.17 Å². The van der Waals surface area contributed by atoms with Crippen molar-refractivity contribution in [3.8, 4) is 0 Å². The summed E-state index contributed by atoms with van der Waals surface area (Å²) >= 11 is 0. The maximum Gasteiger partial charge on any atom is 0.154 e. The summed E-state index contributed by atoms with van der Waals surface area (Å²) in [5.41, 5.74) is 2.42. The van der Waals surface area contributed by atoms with E-state index >= 15 is 0 Å². The van der Waals surface area contributed by atoms with Crippen molar-refractivity contribution in [3.63, 3.8) is 0 Å². The zero-order chi connectivity index (χ0) is 15.8. The van der Waals surface area contributed by atoms with E-state index in [1.807, 2.05) is 45.9 Å². The summed E-state index contributed by atoms with van der Waals surface area (Å²) in [5, 5.41) is 6.73. The van der Waals surface area contributed by atoms with Gasteiger partial charge in [-0.2, -0.15) is 5.10 Å². The highest BCUT2D eigenvalue weighted by Gasteiger charge is 2.30. The third-order valence-electron chi connectivity index (χ3n) is 3.20. The second-order valence-electron chi connectivity index (χ2n) is 4.33. The Balaban J connectivity index is 0.000000510. The molecule has 2 aliphatic heterocycles. The summed E-state index contributed by atoms with van der Waals surface area (Å²) < 4.78 is 0. The average Bonchev–Trinajstić information content (AvgIpc) is 2.89. The van der Waals surface area contributed by atoms with Crippen LogP contribution in [0.15, 0.2) is 53.8 Å². The molecular weight excluding hydrogens is 258 g/mol. The van der Waals surface area contributed by atoms with Gasteiger partial charge in [0.15, 0.2) is 5.84 Å². The smallest absolute Gasteiger partial charge is 0.154 e. The third-order valence-corrected chi connectivity index (χ3v) is 3.20. The summed E-state index contributed by atoms with van der Waals surface area (Å²) in [7, 11) is 0. The number of fused-ring (bicyclic) bond motifs is 1. The largest absolute Gasteiger partial charge is 0.309 e. The summed E-state index contributed by atoms with van der Waals surface area (Å²) in [4.78, 5) is 2.17. The van der Waals surface area contributed by atoms with Gasteiger partial charge in [-0.3, -0.25) is 0 Å². The number of hydrogen-bond donors (Lipinski definition) is 0. The molecule has 0 amide bonds. The molecule has 0 spiro atoms. The molecule has 0 unspecified atom stereocenters. The average molecular weight is 285 g/mol. The molecule has 2 heterocycles. The van der Waals surface area contributed by atoms with E-state index < -0.39 is 0 Å². The van der Waals surface area contributed by atoms with E-state index in [2.05, 4.69) is 59.3 Å². The van der Waals surface area contributed by atoms with Gasteiger partial charge in [-0.25, -0.2) is 5.01 Å². The number of hydrogen-bond acceptors (Lipinski definition) is 3. The normalized spacial score (nSPS) is 18.2. The Hall–Kier alpha value is -2.03. The van der Waals surface area contributed by atoms with Crippen molar-refractivity contribution < 1.29 is 0 Å². The molecule has 0 saturated carbocycles. The molecule has 1 aromatic rings. The molecule has 1 aromatic carbocycles. The van der Waals surface area contributed by atoms with Gasteiger partial charge in [0.25, 0.3) is 0 Å². The number of hydrazone groups is 1. The number of anilines is 1. The van der Waals surface area contributed by atoms with Gasteiger partial charge >= 0.3 is 0 Å². The Bertz CT molecular complexity index is 529. The van der Waals surface area contributed by atoms with E-state index in [1.54, 1.807) is 0 Å². The fourth-order valence-electron chi connectivity index (χ4n) is 2.23. The SMILES string of the molecule is CC.CC.Cc1ccccc1N1N=C2C=CC=CN2[C@@H]1C. The standard InChI is InChI=1S/C14H15N3.2C2H6/c1-11-7-3-4-8-13(11)17-12(2)16-10-6-5-9-14(16)15-17;2*1-2/h3-10,12H,1-2H3;2*1-2H3/t12-;;/m0../s1. The van der Waals surface area contributed by atoms with Crippen molar-refractivity contribution in [3.05, 3.63) is 54.3 Å². The summed E-state index contributed by atoms with van der Waals surface area (Å²) in [5.74, 6) is 1.00. The monoisotopic (exact) mass is 285 g/mol. The van der Waals surface area contributed by atoms with Crippen molar-refractivity contribution in [2.45, 2.75) is 47.7 Å². The van der Waals surface area contributed by atoms with Crippen LogP contribution in [0.2, 0.25) is 0 Å². The van der Waals surface area contributed by atoms with Gasteiger partial charge in [-0.15, -0.1) is 0 Å². The first kappa shape index (κ1) is 17.0. The molecule has 114 valence electrons. The van der Waals surface area contributed by atoms with Crippen LogP contribution in [-0.2, 0) is 0 Å². The summed E-state index contributed by atoms with van der Waals surface area (Å²) in [6, 6.07) is 8.34. The van der Waals surface area contributed by atoms with Gasteiger partial charge in [0, 0.05) is 6.20 Å². The van der Waals surface area contributed by atoms with Gasteiger partial charge in [0.2, 0.25) is 0 Å². The Kier molecular flexibility index (Phi) is 6.73. The molecule has 2 aliphatic rings. The van der Waals surface area contributed by atoms with Gasteiger partial charge in [0.05, 0.1) is 5.69 Å². The molecule has 0 bridgehead atoms. The van der Waals surface area contributed by atoms with Crippen LogP contribution in [0, 0.1) is 6.92 Å². The van der Waals surface area contributed by atoms with E-state index in [9.17, 15) is 0 Å². The number of rotatable bonds is 1. The maximum absolute atomic E-state index is 4.66. The first-order chi connectivity index (χ1) is 10.3. The Morgan fingerprint density at radius 3 is 2.29 bits per heavy atom. The van der Waals surface area contributed by atoms with Crippen LogP contribution < -0.4 is 5.01 Å². The van der Waals surface area contributed by atoms with Gasteiger partial charge in [-0.05, 0) is 37.6 Å². The lowest BCUT2D eigenvalue weighted by Crippen LogP contribution is -2.36. The molecule has 3 rings (SSSR count). The molecule has 1 atom stereocenters. The van der Waals surface area contributed by atoms with E-state index in [-0.39, 0.29) is 6.17 Å². The van der Waals surface area contributed by atoms with Crippen molar-refractivity contribution in [2.24, 2.45) is 5.10 Å². The second kappa shape index (κ2) is 8.30. The highest BCUT2D eigenvalue weighted by atomic mass is 15.6. The highest BCUT2D eigenvalue weighted by molar-refractivity contribution is 5.97. The number of amidine groups is 1. The van der Waals surface area contributed by atoms with Crippen molar-refractivity contribution in [1.82, 2.24) is 4.90 Å². The van der Waals surface area contributed by atoms with Gasteiger partial charge < -0.3 is 4.90 Å². The van der Waals surface area contributed by atoms with Crippen LogP contribution in [0.4, 0.5) is 5.69 Å². The molecule has 0 N–H and O–H groups in total. The quantitative estimate of drug-likeness (QED) is 0.730. The van der Waals surface area contributed by atoms with Crippen molar-refractivity contribution in [1.29, 1.82) is 0 Å². The van der Waals surface area contributed by atoms with Crippen molar-refractivity contribution in [2.75, 3.05) is 5.01 Å². The first-order valence-corrected chi connectivity index (χ1v) is 7.84. The Morgan fingerprint density at radius 2 is 1.67 bits per heavy atom. The van der Waals surface area contributed by atoms with Crippen LogP contribution in [-0.4, -0.2) is 16.9 Å². The molecular formula is C18H27N3. The number of nitrogens with zero attached hydrogens (tertiary/aromatic N) is 3. The topological polar surface area (TPSA) is 18.8 Å². The van der Waals surface area contributed by atoms with Crippen LogP contribution in [0.25, 0.3) is 0 Å². The molecule has 0 radical (unpaired) electrons. The Labute approximate surface area is 129 Å². The number of aryl methyl sites for hydroxylation is 1. The predicted molar refractivity (Wildman–Crippen MR) is 93.4 cm³/mol.